The first-order valence-electron chi connectivity index (χ1n) is 4.40. The van der Waals surface area contributed by atoms with Crippen LogP contribution in [0.1, 0.15) is 26.3 Å². The SMILES string of the molecule is CC(C)(C)OC(=[OH+])c1ccccc1Br. The standard InChI is InChI=1S/C11H13BrO2/c1-11(2,3)14-10(13)8-6-4-5-7-9(8)12/h4-7H,1-3H3/p+1. The van der Waals surface area contributed by atoms with Gasteiger partial charge in [-0.2, -0.15) is 0 Å². The van der Waals surface area contributed by atoms with E-state index in [0.717, 1.165) is 4.47 Å². The largest absolute Gasteiger partial charge is 0.519 e. The third-order valence-electron chi connectivity index (χ3n) is 1.51. The van der Waals surface area contributed by atoms with Gasteiger partial charge >= 0.3 is 5.97 Å². The van der Waals surface area contributed by atoms with E-state index in [1.54, 1.807) is 6.07 Å². The number of hydrogen-bond donors (Lipinski definition) is 0. The lowest BCUT2D eigenvalue weighted by atomic mass is 10.2. The van der Waals surface area contributed by atoms with E-state index in [9.17, 15) is 4.79 Å². The quantitative estimate of drug-likeness (QED) is 0.562. The van der Waals surface area contributed by atoms with E-state index in [4.69, 9.17) is 4.74 Å². The molecule has 1 aromatic rings. The van der Waals surface area contributed by atoms with Crippen LogP contribution >= 0.6 is 15.9 Å². The van der Waals surface area contributed by atoms with Crippen LogP contribution < -0.4 is 0 Å². The molecule has 0 atom stereocenters. The lowest BCUT2D eigenvalue weighted by molar-refractivity contribution is 0.103. The Labute approximate surface area is 92.4 Å². The fourth-order valence-electron chi connectivity index (χ4n) is 0.980. The van der Waals surface area contributed by atoms with Crippen molar-refractivity contribution in [3.63, 3.8) is 0 Å². The zero-order valence-corrected chi connectivity index (χ0v) is 10.1. The van der Waals surface area contributed by atoms with E-state index in [1.807, 2.05) is 39.0 Å². The van der Waals surface area contributed by atoms with E-state index < -0.39 is 0 Å². The summed E-state index contributed by atoms with van der Waals surface area (Å²) in [5, 5.41) is 0. The zero-order chi connectivity index (χ0) is 10.8. The van der Waals surface area contributed by atoms with Gasteiger partial charge in [-0.3, -0.25) is 0 Å². The third-order valence-corrected chi connectivity index (χ3v) is 2.20. The summed E-state index contributed by atoms with van der Waals surface area (Å²) in [4.78, 5) is 9.70. The second-order valence-corrected chi connectivity index (χ2v) is 4.85. The normalized spacial score (nSPS) is 11.1. The van der Waals surface area contributed by atoms with Crippen LogP contribution in [0.5, 0.6) is 0 Å². The first-order valence-corrected chi connectivity index (χ1v) is 5.19. The molecule has 0 heterocycles. The molecule has 1 aromatic carbocycles. The van der Waals surface area contributed by atoms with Gasteiger partial charge < -0.3 is 9.53 Å². The molecular formula is C11H14BrO2+. The number of esters is 1. The molecule has 0 aliphatic rings. The molecule has 0 amide bonds. The van der Waals surface area contributed by atoms with Crippen molar-refractivity contribution in [3.8, 4) is 0 Å². The van der Waals surface area contributed by atoms with Crippen molar-refractivity contribution in [1.82, 2.24) is 0 Å². The fraction of sp³-hybridized carbons (Fsp3) is 0.364. The van der Waals surface area contributed by atoms with E-state index in [1.165, 1.54) is 0 Å². The fourth-order valence-corrected chi connectivity index (χ4v) is 1.43. The minimum atomic E-state index is -0.390. The maximum atomic E-state index is 9.70. The number of ether oxygens (including phenoxy) is 1. The molecule has 1 N–H and O–H groups in total. The van der Waals surface area contributed by atoms with E-state index >= 15 is 0 Å². The highest BCUT2D eigenvalue weighted by molar-refractivity contribution is 9.10. The highest BCUT2D eigenvalue weighted by Gasteiger charge is 2.28. The van der Waals surface area contributed by atoms with E-state index in [0.29, 0.717) is 5.56 Å². The Morgan fingerprint density at radius 2 is 1.86 bits per heavy atom. The van der Waals surface area contributed by atoms with Crippen molar-refractivity contribution in [3.05, 3.63) is 34.3 Å². The van der Waals surface area contributed by atoms with Gasteiger partial charge in [-0.15, -0.1) is 0 Å². The summed E-state index contributed by atoms with van der Waals surface area (Å²) in [6, 6.07) is 7.39. The predicted octanol–water partition coefficient (Wildman–Crippen LogP) is 3.11. The van der Waals surface area contributed by atoms with Crippen LogP contribution in [-0.4, -0.2) is 16.4 Å². The number of carbonyl (C=O) groups excluding carboxylic acids is 1. The number of halogens is 1. The number of hydrogen-bond acceptors (Lipinski definition) is 1. The van der Waals surface area contributed by atoms with Crippen LogP contribution in [0.15, 0.2) is 28.7 Å². The Morgan fingerprint density at radius 1 is 1.29 bits per heavy atom. The second-order valence-electron chi connectivity index (χ2n) is 4.00. The van der Waals surface area contributed by atoms with Crippen LogP contribution in [0.3, 0.4) is 0 Å². The molecule has 0 fully saturated rings. The molecule has 0 saturated heterocycles. The van der Waals surface area contributed by atoms with Gasteiger partial charge in [-0.05, 0) is 28.1 Å². The van der Waals surface area contributed by atoms with Crippen LogP contribution in [0.4, 0.5) is 0 Å². The summed E-state index contributed by atoms with van der Waals surface area (Å²) in [7, 11) is 0. The van der Waals surface area contributed by atoms with Crippen molar-refractivity contribution in [2.24, 2.45) is 0 Å². The molecule has 0 aromatic heterocycles. The Bertz CT molecular complexity index is 339. The van der Waals surface area contributed by atoms with Crippen molar-refractivity contribution in [2.45, 2.75) is 26.4 Å². The molecule has 14 heavy (non-hydrogen) atoms. The maximum Gasteiger partial charge on any atom is 0.519 e. The first kappa shape index (κ1) is 11.2. The second kappa shape index (κ2) is 4.13. The Balaban J connectivity index is 2.86. The smallest absolute Gasteiger partial charge is 0.335 e. The minimum Gasteiger partial charge on any atom is -0.335 e. The van der Waals surface area contributed by atoms with Crippen LogP contribution in [-0.2, 0) is 4.74 Å². The lowest BCUT2D eigenvalue weighted by Gasteiger charge is -2.10. The molecule has 0 aliphatic heterocycles. The summed E-state index contributed by atoms with van der Waals surface area (Å²) >= 11 is 3.34. The van der Waals surface area contributed by atoms with Crippen molar-refractivity contribution < 1.29 is 9.53 Å². The van der Waals surface area contributed by atoms with Crippen LogP contribution in [0.2, 0.25) is 0 Å². The van der Waals surface area contributed by atoms with Gasteiger partial charge in [0.1, 0.15) is 5.56 Å². The number of rotatable bonds is 1. The van der Waals surface area contributed by atoms with Gasteiger partial charge in [-0.25, -0.2) is 0 Å². The summed E-state index contributed by atoms with van der Waals surface area (Å²) < 4.78 is 6.17. The summed E-state index contributed by atoms with van der Waals surface area (Å²) in [5.41, 5.74) is 0.279. The van der Waals surface area contributed by atoms with E-state index in [-0.39, 0.29) is 11.6 Å². The first-order chi connectivity index (χ1) is 6.40. The molecule has 0 spiro atoms. The molecule has 0 bridgehead atoms. The maximum absolute atomic E-state index is 9.70. The zero-order valence-electron chi connectivity index (χ0n) is 8.54. The summed E-state index contributed by atoms with van der Waals surface area (Å²) in [6.45, 7) is 5.67. The highest BCUT2D eigenvalue weighted by atomic mass is 79.9. The highest BCUT2D eigenvalue weighted by Crippen LogP contribution is 2.19. The predicted molar refractivity (Wildman–Crippen MR) is 61.0 cm³/mol. The van der Waals surface area contributed by atoms with Crippen molar-refractivity contribution >= 4 is 21.9 Å². The molecule has 0 saturated carbocycles. The topological polar surface area (TPSA) is 30.6 Å². The van der Waals surface area contributed by atoms with Gasteiger partial charge in [0.2, 0.25) is 0 Å². The van der Waals surface area contributed by atoms with Crippen LogP contribution in [0.25, 0.3) is 0 Å². The summed E-state index contributed by atoms with van der Waals surface area (Å²) in [6.07, 6.45) is 0. The summed E-state index contributed by atoms with van der Waals surface area (Å²) in [5.74, 6) is -0.0509. The van der Waals surface area contributed by atoms with Gasteiger partial charge in [-0.1, -0.05) is 12.1 Å². The van der Waals surface area contributed by atoms with E-state index in [2.05, 4.69) is 15.9 Å². The van der Waals surface area contributed by atoms with Crippen molar-refractivity contribution in [2.75, 3.05) is 0 Å². The number of benzene rings is 1. The Morgan fingerprint density at radius 3 is 2.36 bits per heavy atom. The molecule has 3 heteroatoms. The van der Waals surface area contributed by atoms with Gasteiger partial charge in [0.25, 0.3) is 0 Å². The molecule has 0 radical (unpaired) electrons. The Hall–Kier alpha value is -0.830. The monoisotopic (exact) mass is 257 g/mol. The molecular weight excluding hydrogens is 244 g/mol. The molecule has 76 valence electrons. The van der Waals surface area contributed by atoms with Gasteiger partial charge in [0.15, 0.2) is 5.60 Å². The average molecular weight is 258 g/mol. The third kappa shape index (κ3) is 3.14. The molecule has 0 unspecified atom stereocenters. The lowest BCUT2D eigenvalue weighted by Crippen LogP contribution is -2.24. The van der Waals surface area contributed by atoms with Gasteiger partial charge in [0, 0.05) is 25.2 Å². The molecule has 0 aliphatic carbocycles. The van der Waals surface area contributed by atoms with Crippen molar-refractivity contribution in [1.29, 1.82) is 0 Å². The minimum absolute atomic E-state index is 0.0509. The average Bonchev–Trinajstić information content (AvgIpc) is 2.01. The molecule has 1 rings (SSSR count). The Kier molecular flexibility index (Phi) is 3.32. The van der Waals surface area contributed by atoms with Crippen LogP contribution in [0, 0.1) is 0 Å². The molecule has 2 nitrogen and oxygen atoms in total. The van der Waals surface area contributed by atoms with Gasteiger partial charge in [0.05, 0.1) is 0 Å².